The zero-order valence-electron chi connectivity index (χ0n) is 16.4. The monoisotopic (exact) mass is 412 g/mol. The van der Waals surface area contributed by atoms with Crippen LogP contribution in [-0.4, -0.2) is 57.8 Å². The number of rotatable bonds is 7. The van der Waals surface area contributed by atoms with Gasteiger partial charge in [0.2, 0.25) is 5.91 Å². The molecule has 3 rings (SSSR count). The third kappa shape index (κ3) is 5.72. The third-order valence-corrected chi connectivity index (χ3v) is 5.42. The highest BCUT2D eigenvalue weighted by molar-refractivity contribution is 7.15. The van der Waals surface area contributed by atoms with Gasteiger partial charge < -0.3 is 10.2 Å². The van der Waals surface area contributed by atoms with Gasteiger partial charge in [0, 0.05) is 50.0 Å². The van der Waals surface area contributed by atoms with Gasteiger partial charge in [-0.25, -0.2) is 9.97 Å². The molecule has 2 aromatic heterocycles. The van der Waals surface area contributed by atoms with E-state index in [9.17, 15) is 9.59 Å². The summed E-state index contributed by atoms with van der Waals surface area (Å²) in [6, 6.07) is 3.70. The van der Waals surface area contributed by atoms with E-state index in [1.807, 2.05) is 24.0 Å². The Kier molecular flexibility index (Phi) is 6.73. The standard InChI is InChI=1S/C20H24N6O2S/c1-4-18(27)24-20-22-12-16(29-20)13-25-7-9-26(10-8-25)15(3)19(28)23-17-11-14(2)5-6-21-17/h4-6,11-12H,1,3,7-10,13H2,2H3,(H,21,23,28)(H,22,24,27). The van der Waals surface area contributed by atoms with E-state index in [1.165, 1.54) is 17.4 Å². The van der Waals surface area contributed by atoms with Crippen LogP contribution in [0.1, 0.15) is 10.4 Å². The van der Waals surface area contributed by atoms with Gasteiger partial charge in [-0.3, -0.25) is 19.8 Å². The second kappa shape index (κ2) is 9.44. The summed E-state index contributed by atoms with van der Waals surface area (Å²) >= 11 is 1.45. The summed E-state index contributed by atoms with van der Waals surface area (Å²) in [7, 11) is 0. The molecule has 2 amide bonds. The highest BCUT2D eigenvalue weighted by atomic mass is 32.1. The maximum atomic E-state index is 12.5. The van der Waals surface area contributed by atoms with Gasteiger partial charge in [-0.05, 0) is 30.7 Å². The predicted octanol–water partition coefficient (Wildman–Crippen LogP) is 2.24. The zero-order valence-corrected chi connectivity index (χ0v) is 17.2. The normalized spacial score (nSPS) is 14.3. The second-order valence-electron chi connectivity index (χ2n) is 6.71. The van der Waals surface area contributed by atoms with Crippen LogP contribution in [0.15, 0.2) is 49.5 Å². The number of piperazine rings is 1. The summed E-state index contributed by atoms with van der Waals surface area (Å²) in [6.45, 7) is 13.1. The number of thiazole rings is 1. The molecular weight excluding hydrogens is 388 g/mol. The molecule has 9 heteroatoms. The molecule has 29 heavy (non-hydrogen) atoms. The van der Waals surface area contributed by atoms with Gasteiger partial charge in [0.25, 0.3) is 5.91 Å². The Labute approximate surface area is 174 Å². The lowest BCUT2D eigenvalue weighted by Crippen LogP contribution is -2.46. The molecule has 2 N–H and O–H groups in total. The topological polar surface area (TPSA) is 90.5 Å². The van der Waals surface area contributed by atoms with Crippen molar-refractivity contribution in [1.82, 2.24) is 19.8 Å². The van der Waals surface area contributed by atoms with Crippen LogP contribution in [0.2, 0.25) is 0 Å². The van der Waals surface area contributed by atoms with E-state index in [4.69, 9.17) is 0 Å². The molecular formula is C20H24N6O2S. The Morgan fingerprint density at radius 2 is 2.00 bits per heavy atom. The average molecular weight is 413 g/mol. The van der Waals surface area contributed by atoms with E-state index in [-0.39, 0.29) is 11.8 Å². The number of aromatic nitrogens is 2. The fourth-order valence-corrected chi connectivity index (χ4v) is 3.79. The van der Waals surface area contributed by atoms with E-state index in [1.54, 1.807) is 12.4 Å². The quantitative estimate of drug-likeness (QED) is 0.678. The van der Waals surface area contributed by atoms with Crippen LogP contribution in [0.25, 0.3) is 0 Å². The Hall–Kier alpha value is -3.04. The van der Waals surface area contributed by atoms with Crippen molar-refractivity contribution >= 4 is 34.1 Å². The first-order valence-electron chi connectivity index (χ1n) is 9.23. The van der Waals surface area contributed by atoms with Crippen LogP contribution in [-0.2, 0) is 16.1 Å². The van der Waals surface area contributed by atoms with Crippen molar-refractivity contribution in [3.8, 4) is 0 Å². The lowest BCUT2D eigenvalue weighted by atomic mass is 10.2. The average Bonchev–Trinajstić information content (AvgIpc) is 3.14. The van der Waals surface area contributed by atoms with E-state index in [0.717, 1.165) is 30.1 Å². The predicted molar refractivity (Wildman–Crippen MR) is 115 cm³/mol. The summed E-state index contributed by atoms with van der Waals surface area (Å²) < 4.78 is 0. The fraction of sp³-hybridized carbons (Fsp3) is 0.300. The Bertz CT molecular complexity index is 917. The Balaban J connectivity index is 1.47. The zero-order chi connectivity index (χ0) is 20.8. The number of anilines is 2. The molecule has 0 unspecified atom stereocenters. The molecule has 0 aliphatic carbocycles. The molecule has 0 bridgehead atoms. The summed E-state index contributed by atoms with van der Waals surface area (Å²) in [5.41, 5.74) is 1.48. The lowest BCUT2D eigenvalue weighted by molar-refractivity contribution is -0.114. The number of nitrogens with zero attached hydrogens (tertiary/aromatic N) is 4. The Morgan fingerprint density at radius 1 is 1.24 bits per heavy atom. The molecule has 1 aliphatic heterocycles. The van der Waals surface area contributed by atoms with Crippen molar-refractivity contribution in [2.24, 2.45) is 0 Å². The van der Waals surface area contributed by atoms with Crippen molar-refractivity contribution in [3.63, 3.8) is 0 Å². The van der Waals surface area contributed by atoms with Gasteiger partial charge in [0.1, 0.15) is 5.82 Å². The molecule has 0 aromatic carbocycles. The highest BCUT2D eigenvalue weighted by Gasteiger charge is 2.22. The van der Waals surface area contributed by atoms with E-state index >= 15 is 0 Å². The van der Waals surface area contributed by atoms with Crippen LogP contribution in [0.5, 0.6) is 0 Å². The molecule has 0 atom stereocenters. The maximum Gasteiger partial charge on any atom is 0.272 e. The minimum atomic E-state index is -0.267. The minimum Gasteiger partial charge on any atom is -0.365 e. The van der Waals surface area contributed by atoms with Gasteiger partial charge in [-0.2, -0.15) is 0 Å². The smallest absolute Gasteiger partial charge is 0.272 e. The number of carbonyl (C=O) groups excluding carboxylic acids is 2. The minimum absolute atomic E-state index is 0.235. The van der Waals surface area contributed by atoms with Crippen molar-refractivity contribution in [2.45, 2.75) is 13.5 Å². The van der Waals surface area contributed by atoms with Crippen LogP contribution < -0.4 is 10.6 Å². The van der Waals surface area contributed by atoms with E-state index in [0.29, 0.717) is 29.7 Å². The summed E-state index contributed by atoms with van der Waals surface area (Å²) in [6.07, 6.45) is 4.66. The molecule has 0 spiro atoms. The highest BCUT2D eigenvalue weighted by Crippen LogP contribution is 2.21. The van der Waals surface area contributed by atoms with Crippen LogP contribution in [0, 0.1) is 6.92 Å². The first kappa shape index (κ1) is 20.7. The van der Waals surface area contributed by atoms with E-state index in [2.05, 4.69) is 38.7 Å². The summed E-state index contributed by atoms with van der Waals surface area (Å²) in [5, 5.41) is 6.04. The number of hydrogen-bond acceptors (Lipinski definition) is 7. The number of hydrogen-bond donors (Lipinski definition) is 2. The number of pyridine rings is 1. The van der Waals surface area contributed by atoms with Crippen molar-refractivity contribution in [2.75, 3.05) is 36.8 Å². The number of nitrogens with one attached hydrogen (secondary N) is 2. The SMILES string of the molecule is C=CC(=O)Nc1ncc(CN2CCN(C(=C)C(=O)Nc3cc(C)ccn3)CC2)s1. The van der Waals surface area contributed by atoms with Crippen molar-refractivity contribution in [1.29, 1.82) is 0 Å². The van der Waals surface area contributed by atoms with Crippen LogP contribution >= 0.6 is 11.3 Å². The molecule has 8 nitrogen and oxygen atoms in total. The maximum absolute atomic E-state index is 12.5. The van der Waals surface area contributed by atoms with Gasteiger partial charge in [-0.15, -0.1) is 11.3 Å². The van der Waals surface area contributed by atoms with Crippen LogP contribution in [0.3, 0.4) is 0 Å². The molecule has 1 aliphatic rings. The molecule has 0 saturated carbocycles. The van der Waals surface area contributed by atoms with Gasteiger partial charge in [-0.1, -0.05) is 13.2 Å². The second-order valence-corrected chi connectivity index (χ2v) is 7.82. The van der Waals surface area contributed by atoms with E-state index < -0.39 is 0 Å². The first-order valence-corrected chi connectivity index (χ1v) is 10.0. The number of carbonyl (C=O) groups is 2. The molecule has 0 radical (unpaired) electrons. The van der Waals surface area contributed by atoms with Gasteiger partial charge >= 0.3 is 0 Å². The molecule has 1 saturated heterocycles. The molecule has 2 aromatic rings. The third-order valence-electron chi connectivity index (χ3n) is 4.52. The van der Waals surface area contributed by atoms with Crippen molar-refractivity contribution in [3.05, 3.63) is 59.9 Å². The molecule has 1 fully saturated rings. The number of aryl methyl sites for hydroxylation is 1. The first-order chi connectivity index (χ1) is 13.9. The van der Waals surface area contributed by atoms with Crippen molar-refractivity contribution < 1.29 is 9.59 Å². The fourth-order valence-electron chi connectivity index (χ4n) is 2.93. The lowest BCUT2D eigenvalue weighted by Gasteiger charge is -2.36. The van der Waals surface area contributed by atoms with Gasteiger partial charge in [0.05, 0.1) is 5.70 Å². The van der Waals surface area contributed by atoms with Gasteiger partial charge in [0.15, 0.2) is 5.13 Å². The molecule has 3 heterocycles. The summed E-state index contributed by atoms with van der Waals surface area (Å²) in [5.74, 6) is 0.0260. The Morgan fingerprint density at radius 3 is 2.69 bits per heavy atom. The summed E-state index contributed by atoms with van der Waals surface area (Å²) in [4.78, 5) is 37.5. The van der Waals surface area contributed by atoms with Crippen LogP contribution in [0.4, 0.5) is 10.9 Å². The number of amides is 2. The molecule has 152 valence electrons. The largest absolute Gasteiger partial charge is 0.365 e.